The van der Waals surface area contributed by atoms with Gasteiger partial charge < -0.3 is 5.48 Å². The van der Waals surface area contributed by atoms with Crippen molar-refractivity contribution in [2.45, 2.75) is 16.6 Å². The molecule has 0 fully saturated rings. The molecule has 0 saturated heterocycles. The molecule has 0 saturated carbocycles. The summed E-state index contributed by atoms with van der Waals surface area (Å²) in [6, 6.07) is -0.982. The van der Waals surface area contributed by atoms with E-state index >= 15 is 0 Å². The molecule has 0 amide bonds. The predicted molar refractivity (Wildman–Crippen MR) is 53.0 cm³/mol. The van der Waals surface area contributed by atoms with Gasteiger partial charge in [0.15, 0.2) is 0 Å². The SMILES string of the molecule is N[C@@H](C[C@@H]1[CH2][In][CH]=C1[N+](=O)[O-])C(=O)O.O. The second kappa shape index (κ2) is 6.09. The van der Waals surface area contributed by atoms with Gasteiger partial charge in [-0.05, 0) is 0 Å². The van der Waals surface area contributed by atoms with E-state index in [1.54, 1.807) is 3.83 Å². The molecule has 0 aliphatic carbocycles. The largest absolute Gasteiger partial charge is 0.412 e. The third-order valence-electron chi connectivity index (χ3n) is 2.19. The van der Waals surface area contributed by atoms with Crippen LogP contribution in [-0.2, 0) is 4.79 Å². The van der Waals surface area contributed by atoms with Crippen LogP contribution in [0.15, 0.2) is 9.53 Å². The average molecular weight is 319 g/mol. The maximum atomic E-state index is 10.5. The van der Waals surface area contributed by atoms with Crippen molar-refractivity contribution in [1.29, 1.82) is 0 Å². The van der Waals surface area contributed by atoms with Crippen molar-refractivity contribution in [2.24, 2.45) is 11.7 Å². The summed E-state index contributed by atoms with van der Waals surface area (Å²) in [5, 5.41) is 19.1. The fourth-order valence-electron chi connectivity index (χ4n) is 1.44. The first-order valence-electron chi connectivity index (χ1n) is 4.18. The fourth-order valence-corrected chi connectivity index (χ4v) is 5.82. The fraction of sp³-hybridized carbons (Fsp3) is 0.571. The maximum Gasteiger partial charge on any atom is -0.412 e. The summed E-state index contributed by atoms with van der Waals surface area (Å²) in [5.41, 5.74) is 5.53. The Kier molecular flexibility index (Phi) is 5.84. The van der Waals surface area contributed by atoms with E-state index in [1.807, 2.05) is 0 Å². The van der Waals surface area contributed by atoms with E-state index in [1.165, 1.54) is 0 Å². The van der Waals surface area contributed by atoms with E-state index in [-0.39, 0.29) is 23.5 Å². The molecule has 15 heavy (non-hydrogen) atoms. The van der Waals surface area contributed by atoms with Crippen molar-refractivity contribution in [2.75, 3.05) is 0 Å². The van der Waals surface area contributed by atoms with Gasteiger partial charge in [-0.25, -0.2) is 0 Å². The Hall–Kier alpha value is -0.600. The molecular weight excluding hydrogens is 307 g/mol. The number of nitro groups is 1. The summed E-state index contributed by atoms with van der Waals surface area (Å²) < 4.78 is 2.54. The van der Waals surface area contributed by atoms with Gasteiger partial charge in [0.1, 0.15) is 0 Å². The summed E-state index contributed by atoms with van der Waals surface area (Å²) in [6.07, 6.45) is 0.189. The summed E-state index contributed by atoms with van der Waals surface area (Å²) >= 11 is -0.936. The molecular formula is C7H12InN2O5. The normalized spacial score (nSPS) is 20.9. The summed E-state index contributed by atoms with van der Waals surface area (Å²) in [7, 11) is 0. The molecule has 2 atom stereocenters. The molecule has 0 aromatic carbocycles. The summed E-state index contributed by atoms with van der Waals surface area (Å²) in [6.45, 7) is 0. The maximum absolute atomic E-state index is 10.5. The monoisotopic (exact) mass is 319 g/mol. The van der Waals surface area contributed by atoms with Gasteiger partial charge in [0.2, 0.25) is 0 Å². The Morgan fingerprint density at radius 3 is 2.93 bits per heavy atom. The van der Waals surface area contributed by atoms with Crippen LogP contribution < -0.4 is 5.73 Å². The number of hydrogen-bond acceptors (Lipinski definition) is 4. The zero-order valence-corrected chi connectivity index (χ0v) is 11.2. The Morgan fingerprint density at radius 2 is 2.47 bits per heavy atom. The second-order valence-corrected chi connectivity index (χ2v) is 6.84. The molecule has 0 aromatic rings. The molecule has 83 valence electrons. The van der Waals surface area contributed by atoms with E-state index in [0.717, 1.165) is 4.18 Å². The minimum Gasteiger partial charge on any atom is -0.412 e. The minimum atomic E-state index is -1.09. The van der Waals surface area contributed by atoms with Crippen LogP contribution in [0.4, 0.5) is 0 Å². The van der Waals surface area contributed by atoms with E-state index in [0.29, 0.717) is 0 Å². The van der Waals surface area contributed by atoms with Gasteiger partial charge in [-0.1, -0.05) is 0 Å². The van der Waals surface area contributed by atoms with Crippen molar-refractivity contribution >= 4 is 28.9 Å². The zero-order valence-electron chi connectivity index (χ0n) is 7.92. The topological polar surface area (TPSA) is 138 Å². The van der Waals surface area contributed by atoms with Crippen molar-refractivity contribution < 1.29 is 20.3 Å². The van der Waals surface area contributed by atoms with Crippen LogP contribution in [0.25, 0.3) is 0 Å². The van der Waals surface area contributed by atoms with E-state index in [2.05, 4.69) is 0 Å². The number of hydrogen-bond donors (Lipinski definition) is 2. The number of nitrogens with two attached hydrogens (primary N) is 1. The number of carboxylic acids is 1. The molecule has 0 spiro atoms. The van der Waals surface area contributed by atoms with Crippen LogP contribution in [-0.4, -0.2) is 50.4 Å². The first-order chi connectivity index (χ1) is 6.52. The van der Waals surface area contributed by atoms with Crippen LogP contribution in [0.1, 0.15) is 6.42 Å². The molecule has 1 rings (SSSR count). The number of aliphatic carboxylic acids is 1. The van der Waals surface area contributed by atoms with Gasteiger partial charge in [0.05, 0.1) is 0 Å². The molecule has 7 nitrogen and oxygen atoms in total. The third-order valence-corrected chi connectivity index (χ3v) is 6.24. The predicted octanol–water partition coefficient (Wildman–Crippen LogP) is -1.17. The minimum absolute atomic E-state index is 0. The Morgan fingerprint density at radius 1 is 1.87 bits per heavy atom. The average Bonchev–Trinajstić information content (AvgIpc) is 2.52. The molecule has 1 radical (unpaired) electrons. The molecule has 0 bridgehead atoms. The molecule has 5 N–H and O–H groups in total. The Labute approximate surface area is 97.1 Å². The summed E-state index contributed by atoms with van der Waals surface area (Å²) in [4.78, 5) is 20.6. The Balaban J connectivity index is 0.00000196. The first kappa shape index (κ1) is 14.4. The second-order valence-electron chi connectivity index (χ2n) is 3.20. The van der Waals surface area contributed by atoms with Crippen LogP contribution in [0.2, 0.25) is 4.18 Å². The molecule has 0 unspecified atom stereocenters. The molecule has 1 aliphatic rings. The summed E-state index contributed by atoms with van der Waals surface area (Å²) in [5.74, 6) is -1.32. The first-order valence-corrected chi connectivity index (χ1v) is 8.42. The number of carbonyl (C=O) groups is 1. The van der Waals surface area contributed by atoms with E-state index < -0.39 is 39.8 Å². The van der Waals surface area contributed by atoms with Gasteiger partial charge in [-0.15, -0.1) is 0 Å². The van der Waals surface area contributed by atoms with Gasteiger partial charge in [0.25, 0.3) is 0 Å². The van der Waals surface area contributed by atoms with Crippen LogP contribution in [0, 0.1) is 16.0 Å². The van der Waals surface area contributed by atoms with Gasteiger partial charge >= 0.3 is 91.6 Å². The molecule has 8 heteroatoms. The number of allylic oxidation sites excluding steroid dienone is 1. The molecule has 1 aliphatic heterocycles. The third kappa shape index (κ3) is 3.80. The smallest absolute Gasteiger partial charge is 0.412 e. The van der Waals surface area contributed by atoms with Crippen molar-refractivity contribution in [1.82, 2.24) is 0 Å². The molecule has 1 heterocycles. The van der Waals surface area contributed by atoms with Gasteiger partial charge in [-0.2, -0.15) is 0 Å². The Bertz CT molecular complexity index is 293. The van der Waals surface area contributed by atoms with Crippen LogP contribution in [0.5, 0.6) is 0 Å². The standard InChI is InChI=1S/C7H10N2O4.In.H2O/c1-4(5(2)9(12)13)3-6(8)7(10)11;;/h2,4,6H,1,3,8H2,(H,10,11);;1H2/t4-,6-;;/m0../s1. The van der Waals surface area contributed by atoms with E-state index in [4.69, 9.17) is 10.8 Å². The number of carboxylic acid groups (broad SMARTS) is 1. The van der Waals surface area contributed by atoms with Crippen molar-refractivity contribution in [3.8, 4) is 0 Å². The zero-order chi connectivity index (χ0) is 10.7. The van der Waals surface area contributed by atoms with Crippen LogP contribution >= 0.6 is 0 Å². The van der Waals surface area contributed by atoms with Crippen molar-refractivity contribution in [3.05, 3.63) is 19.6 Å². The van der Waals surface area contributed by atoms with Crippen molar-refractivity contribution in [3.63, 3.8) is 0 Å². The van der Waals surface area contributed by atoms with E-state index in [9.17, 15) is 14.9 Å². The van der Waals surface area contributed by atoms with Crippen LogP contribution in [0.3, 0.4) is 0 Å². The number of rotatable bonds is 4. The van der Waals surface area contributed by atoms with Gasteiger partial charge in [-0.3, -0.25) is 0 Å². The molecule has 0 aromatic heterocycles. The number of nitrogens with zero attached hydrogens (tertiary/aromatic N) is 1. The van der Waals surface area contributed by atoms with Gasteiger partial charge in [0, 0.05) is 0 Å². The quantitative estimate of drug-likeness (QED) is 0.497.